The Morgan fingerprint density at radius 1 is 0.283 bits per heavy atom. The summed E-state index contributed by atoms with van der Waals surface area (Å²) in [5.74, 6) is 0. The third-order valence-corrected chi connectivity index (χ3v) is 11.8. The molecule has 0 amide bonds. The Bertz CT molecular complexity index is 3290. The third kappa shape index (κ3) is 6.32. The number of hydrogen-bond acceptors (Lipinski definition) is 1. The van der Waals surface area contributed by atoms with Gasteiger partial charge in [-0.05, 0) is 98.8 Å². The van der Waals surface area contributed by atoms with E-state index in [0.717, 1.165) is 28.3 Å². The number of aromatic nitrogens is 1. The third-order valence-electron chi connectivity index (χ3n) is 11.8. The first-order valence-electron chi connectivity index (χ1n) is 20.6. The molecule has 0 aliphatic carbocycles. The van der Waals surface area contributed by atoms with Crippen LogP contribution in [0.15, 0.2) is 243 Å². The van der Waals surface area contributed by atoms with Crippen LogP contribution in [0.1, 0.15) is 0 Å². The molecule has 1 aromatic heterocycles. The number of hydrogen-bond donors (Lipinski definition) is 0. The van der Waals surface area contributed by atoms with Gasteiger partial charge in [-0.15, -0.1) is 0 Å². The predicted molar refractivity (Wildman–Crippen MR) is 255 cm³/mol. The van der Waals surface area contributed by atoms with Crippen molar-refractivity contribution in [3.05, 3.63) is 243 Å². The van der Waals surface area contributed by atoms with Crippen LogP contribution in [0, 0.1) is 0 Å². The molecule has 0 atom stereocenters. The Morgan fingerprint density at radius 3 is 1.63 bits per heavy atom. The number of rotatable bonds is 8. The molecule has 2 nitrogen and oxygen atoms in total. The van der Waals surface area contributed by atoms with Crippen molar-refractivity contribution in [2.24, 2.45) is 0 Å². The molecule has 0 radical (unpaired) electrons. The maximum Gasteiger partial charge on any atom is 0.0562 e. The molecule has 0 saturated carbocycles. The van der Waals surface area contributed by atoms with Gasteiger partial charge in [0, 0.05) is 33.3 Å². The molecule has 0 unspecified atom stereocenters. The predicted octanol–water partition coefficient (Wildman–Crippen LogP) is 16.1. The highest BCUT2D eigenvalue weighted by molar-refractivity contribution is 6.11. The molecule has 2 heteroatoms. The number of anilines is 3. The van der Waals surface area contributed by atoms with E-state index in [1.807, 2.05) is 0 Å². The van der Waals surface area contributed by atoms with E-state index in [1.54, 1.807) is 0 Å². The first-order valence-corrected chi connectivity index (χ1v) is 20.6. The molecule has 0 spiro atoms. The van der Waals surface area contributed by atoms with Crippen LogP contribution < -0.4 is 4.90 Å². The SMILES string of the molecule is c1ccc(-c2ccc(-c3ccc(-n4c5ccccc5c5ccc(N(c6ccccc6)c6ccccc6-c6ccccc6)cc54)c(-c4ccc5ccccc5c4)c3)cc2)cc1. The second-order valence-corrected chi connectivity index (χ2v) is 15.3. The smallest absolute Gasteiger partial charge is 0.0562 e. The van der Waals surface area contributed by atoms with E-state index in [-0.39, 0.29) is 0 Å². The highest BCUT2D eigenvalue weighted by atomic mass is 15.1. The molecule has 0 aliphatic heterocycles. The lowest BCUT2D eigenvalue weighted by Gasteiger charge is -2.28. The second kappa shape index (κ2) is 15.1. The fourth-order valence-corrected chi connectivity index (χ4v) is 8.88. The van der Waals surface area contributed by atoms with Crippen LogP contribution in [0.4, 0.5) is 17.1 Å². The molecule has 0 bridgehead atoms. The first kappa shape index (κ1) is 35.2. The van der Waals surface area contributed by atoms with Gasteiger partial charge in [-0.25, -0.2) is 0 Å². The molecule has 282 valence electrons. The molecule has 0 fully saturated rings. The van der Waals surface area contributed by atoms with Gasteiger partial charge < -0.3 is 9.47 Å². The summed E-state index contributed by atoms with van der Waals surface area (Å²) in [6, 6.07) is 88.0. The van der Waals surface area contributed by atoms with Gasteiger partial charge in [-0.3, -0.25) is 0 Å². The normalized spacial score (nSPS) is 11.3. The van der Waals surface area contributed by atoms with Crippen LogP contribution in [0.5, 0.6) is 0 Å². The first-order chi connectivity index (χ1) is 29.8. The second-order valence-electron chi connectivity index (χ2n) is 15.3. The fraction of sp³-hybridized carbons (Fsp3) is 0. The Kier molecular flexibility index (Phi) is 8.87. The van der Waals surface area contributed by atoms with Crippen LogP contribution in [0.3, 0.4) is 0 Å². The van der Waals surface area contributed by atoms with E-state index < -0.39 is 0 Å². The summed E-state index contributed by atoms with van der Waals surface area (Å²) in [4.78, 5) is 2.40. The highest BCUT2D eigenvalue weighted by Gasteiger charge is 2.21. The summed E-state index contributed by atoms with van der Waals surface area (Å²) in [5.41, 5.74) is 16.3. The molecule has 0 saturated heterocycles. The van der Waals surface area contributed by atoms with E-state index in [1.165, 1.54) is 71.6 Å². The van der Waals surface area contributed by atoms with Crippen LogP contribution in [0.25, 0.3) is 82.8 Å². The summed E-state index contributed by atoms with van der Waals surface area (Å²) >= 11 is 0. The molecule has 60 heavy (non-hydrogen) atoms. The highest BCUT2D eigenvalue weighted by Crippen LogP contribution is 2.44. The molecule has 1 heterocycles. The number of para-hydroxylation sites is 3. The standard InChI is InChI=1S/C58H40N2/c1-4-16-41(17-5-1)43-28-30-44(31-29-43)47-34-37-57(54(39-47)48-33-32-42-18-10-11-21-46(42)38-48)60-56-27-15-13-25-52(56)53-36-35-50(40-58(53)60)59(49-22-8-3-9-23-49)55-26-14-12-24-51(55)45-19-6-2-7-20-45/h1-40H. The van der Waals surface area contributed by atoms with Crippen molar-refractivity contribution >= 4 is 49.6 Å². The minimum atomic E-state index is 1.09. The zero-order valence-corrected chi connectivity index (χ0v) is 33.0. The van der Waals surface area contributed by atoms with Crippen LogP contribution in [-0.4, -0.2) is 4.57 Å². The van der Waals surface area contributed by atoms with Gasteiger partial charge >= 0.3 is 0 Å². The lowest BCUT2D eigenvalue weighted by Crippen LogP contribution is -2.11. The number of nitrogens with zero attached hydrogens (tertiary/aromatic N) is 2. The molecule has 11 rings (SSSR count). The van der Waals surface area contributed by atoms with Gasteiger partial charge in [0.15, 0.2) is 0 Å². The fourth-order valence-electron chi connectivity index (χ4n) is 8.88. The van der Waals surface area contributed by atoms with E-state index >= 15 is 0 Å². The Labute approximate surface area is 350 Å². The van der Waals surface area contributed by atoms with Crippen molar-refractivity contribution in [1.29, 1.82) is 0 Å². The van der Waals surface area contributed by atoms with Gasteiger partial charge in [0.2, 0.25) is 0 Å². The number of fused-ring (bicyclic) bond motifs is 4. The average Bonchev–Trinajstić information content (AvgIpc) is 3.66. The molecular formula is C58H40N2. The Balaban J connectivity index is 1.14. The van der Waals surface area contributed by atoms with Crippen LogP contribution in [-0.2, 0) is 0 Å². The van der Waals surface area contributed by atoms with Gasteiger partial charge in [-0.1, -0.05) is 188 Å². The maximum atomic E-state index is 2.48. The summed E-state index contributed by atoms with van der Waals surface area (Å²) in [6.07, 6.45) is 0. The summed E-state index contributed by atoms with van der Waals surface area (Å²) in [7, 11) is 0. The van der Waals surface area contributed by atoms with Crippen LogP contribution in [0.2, 0.25) is 0 Å². The van der Waals surface area contributed by atoms with E-state index in [9.17, 15) is 0 Å². The minimum Gasteiger partial charge on any atom is -0.310 e. The molecule has 0 aliphatic rings. The van der Waals surface area contributed by atoms with Crippen molar-refractivity contribution in [3.63, 3.8) is 0 Å². The van der Waals surface area contributed by atoms with Crippen molar-refractivity contribution in [3.8, 4) is 50.2 Å². The molecular weight excluding hydrogens is 725 g/mol. The van der Waals surface area contributed by atoms with Crippen molar-refractivity contribution in [1.82, 2.24) is 4.57 Å². The lowest BCUT2D eigenvalue weighted by molar-refractivity contribution is 1.18. The van der Waals surface area contributed by atoms with Crippen LogP contribution >= 0.6 is 0 Å². The van der Waals surface area contributed by atoms with E-state index in [2.05, 4.69) is 252 Å². The zero-order chi connectivity index (χ0) is 39.8. The monoisotopic (exact) mass is 764 g/mol. The van der Waals surface area contributed by atoms with Crippen molar-refractivity contribution in [2.45, 2.75) is 0 Å². The van der Waals surface area contributed by atoms with Gasteiger partial charge in [-0.2, -0.15) is 0 Å². The largest absolute Gasteiger partial charge is 0.310 e. The van der Waals surface area contributed by atoms with Crippen molar-refractivity contribution < 1.29 is 0 Å². The maximum absolute atomic E-state index is 2.48. The summed E-state index contributed by atoms with van der Waals surface area (Å²) in [6.45, 7) is 0. The quantitative estimate of drug-likeness (QED) is 0.150. The van der Waals surface area contributed by atoms with E-state index in [0.29, 0.717) is 0 Å². The van der Waals surface area contributed by atoms with Gasteiger partial charge in [0.05, 0.1) is 22.4 Å². The van der Waals surface area contributed by atoms with Crippen molar-refractivity contribution in [2.75, 3.05) is 4.90 Å². The molecule has 11 aromatic rings. The zero-order valence-electron chi connectivity index (χ0n) is 33.0. The topological polar surface area (TPSA) is 8.17 Å². The minimum absolute atomic E-state index is 1.09. The Hall–Kier alpha value is -7.94. The van der Waals surface area contributed by atoms with E-state index in [4.69, 9.17) is 0 Å². The lowest BCUT2D eigenvalue weighted by atomic mass is 9.94. The average molecular weight is 765 g/mol. The summed E-state index contributed by atoms with van der Waals surface area (Å²) in [5, 5.41) is 4.89. The Morgan fingerprint density at radius 2 is 0.850 bits per heavy atom. The molecule has 10 aromatic carbocycles. The number of benzene rings is 10. The molecule has 0 N–H and O–H groups in total. The van der Waals surface area contributed by atoms with Gasteiger partial charge in [0.1, 0.15) is 0 Å². The van der Waals surface area contributed by atoms with Gasteiger partial charge in [0.25, 0.3) is 0 Å². The summed E-state index contributed by atoms with van der Waals surface area (Å²) < 4.78 is 2.48.